The maximum Gasteiger partial charge on any atom is 0.232 e. The van der Waals surface area contributed by atoms with Crippen molar-refractivity contribution >= 4 is 11.6 Å². The maximum atomic E-state index is 12.3. The molecule has 1 aliphatic rings. The van der Waals surface area contributed by atoms with Crippen molar-refractivity contribution in [2.24, 2.45) is 5.73 Å². The molecule has 0 aliphatic heterocycles. The van der Waals surface area contributed by atoms with Crippen LogP contribution in [0.3, 0.4) is 0 Å². The zero-order chi connectivity index (χ0) is 14.7. The number of nitrogens with one attached hydrogen (secondary N) is 1. The van der Waals surface area contributed by atoms with E-state index in [-0.39, 0.29) is 11.8 Å². The van der Waals surface area contributed by atoms with Crippen molar-refractivity contribution in [3.63, 3.8) is 0 Å². The lowest BCUT2D eigenvalue weighted by molar-refractivity contribution is -0.118. The first-order chi connectivity index (χ1) is 10.3. The van der Waals surface area contributed by atoms with Crippen molar-refractivity contribution in [3.8, 4) is 5.75 Å². The summed E-state index contributed by atoms with van der Waals surface area (Å²) in [5.74, 6) is 0.770. The van der Waals surface area contributed by atoms with Gasteiger partial charge in [0.15, 0.2) is 0 Å². The van der Waals surface area contributed by atoms with Gasteiger partial charge in [0.25, 0.3) is 0 Å². The molecular weight excluding hydrogens is 264 g/mol. The molecule has 21 heavy (non-hydrogen) atoms. The Hall–Kier alpha value is -2.33. The summed E-state index contributed by atoms with van der Waals surface area (Å²) in [6.07, 6.45) is 0.819. The Morgan fingerprint density at radius 2 is 1.95 bits per heavy atom. The summed E-state index contributed by atoms with van der Waals surface area (Å²) in [6, 6.07) is 15.4. The summed E-state index contributed by atoms with van der Waals surface area (Å²) in [5.41, 5.74) is 8.57. The van der Waals surface area contributed by atoms with Crippen molar-refractivity contribution in [3.05, 3.63) is 59.7 Å². The van der Waals surface area contributed by atoms with Crippen LogP contribution < -0.4 is 15.8 Å². The lowest BCUT2D eigenvalue weighted by Crippen LogP contribution is -2.30. The molecule has 1 unspecified atom stereocenters. The van der Waals surface area contributed by atoms with Gasteiger partial charge in [0, 0.05) is 12.2 Å². The van der Waals surface area contributed by atoms with Gasteiger partial charge in [-0.2, -0.15) is 0 Å². The number of benzene rings is 2. The van der Waals surface area contributed by atoms with Crippen molar-refractivity contribution in [1.29, 1.82) is 0 Å². The van der Waals surface area contributed by atoms with Gasteiger partial charge in [0.2, 0.25) is 5.91 Å². The molecule has 0 saturated carbocycles. The number of nitrogens with two attached hydrogens (primary N) is 1. The van der Waals surface area contributed by atoms with E-state index < -0.39 is 0 Å². The van der Waals surface area contributed by atoms with Crippen molar-refractivity contribution in [2.75, 3.05) is 18.5 Å². The van der Waals surface area contributed by atoms with E-state index in [0.29, 0.717) is 13.2 Å². The highest BCUT2D eigenvalue weighted by Crippen LogP contribution is 2.35. The first-order valence-corrected chi connectivity index (χ1v) is 7.09. The molecule has 0 radical (unpaired) electrons. The minimum absolute atomic E-state index is 0.0330. The van der Waals surface area contributed by atoms with Crippen LogP contribution in [-0.2, 0) is 11.2 Å². The van der Waals surface area contributed by atoms with E-state index in [4.69, 9.17) is 10.5 Å². The minimum atomic E-state index is -0.0330. The average Bonchev–Trinajstić information content (AvgIpc) is 2.48. The molecule has 3 rings (SSSR count). The van der Waals surface area contributed by atoms with Gasteiger partial charge in [-0.15, -0.1) is 0 Å². The third-order valence-corrected chi connectivity index (χ3v) is 3.68. The Morgan fingerprint density at radius 3 is 2.67 bits per heavy atom. The van der Waals surface area contributed by atoms with Gasteiger partial charge >= 0.3 is 0 Å². The van der Waals surface area contributed by atoms with Crippen molar-refractivity contribution in [2.45, 2.75) is 12.3 Å². The quantitative estimate of drug-likeness (QED) is 0.884. The summed E-state index contributed by atoms with van der Waals surface area (Å²) < 4.78 is 5.40. The molecule has 0 aromatic heterocycles. The molecule has 1 atom stereocenters. The summed E-state index contributed by atoms with van der Waals surface area (Å²) >= 11 is 0. The number of fused-ring (bicyclic) bond motifs is 1. The van der Waals surface area contributed by atoms with Crippen LogP contribution in [0.5, 0.6) is 5.75 Å². The van der Waals surface area contributed by atoms with Crippen molar-refractivity contribution in [1.82, 2.24) is 0 Å². The Bertz CT molecular complexity index is 637. The fraction of sp³-hybridized carbons (Fsp3) is 0.235. The normalized spacial score (nSPS) is 15.8. The third-order valence-electron chi connectivity index (χ3n) is 3.68. The first kappa shape index (κ1) is 13.6. The minimum Gasteiger partial charge on any atom is -0.492 e. The Morgan fingerprint density at radius 1 is 1.19 bits per heavy atom. The average molecular weight is 282 g/mol. The standard InChI is InChI=1S/C17H18N2O2/c18-9-10-21-14-7-5-13(6-8-14)19-17(20)16-11-12-3-1-2-4-15(12)16/h1-8,16H,9-11,18H2,(H,19,20). The van der Waals surface area contributed by atoms with Crippen LogP contribution in [0.2, 0.25) is 0 Å². The van der Waals surface area contributed by atoms with Gasteiger partial charge in [-0.1, -0.05) is 24.3 Å². The number of ether oxygens (including phenoxy) is 1. The molecule has 1 amide bonds. The molecule has 0 saturated heterocycles. The van der Waals surface area contributed by atoms with Crippen LogP contribution in [0.1, 0.15) is 17.0 Å². The van der Waals surface area contributed by atoms with Crippen LogP contribution in [-0.4, -0.2) is 19.1 Å². The Balaban J connectivity index is 1.61. The molecule has 2 aromatic carbocycles. The largest absolute Gasteiger partial charge is 0.492 e. The van der Waals surface area contributed by atoms with Gasteiger partial charge in [0.1, 0.15) is 12.4 Å². The molecule has 3 N–H and O–H groups in total. The molecule has 108 valence electrons. The van der Waals surface area contributed by atoms with Crippen LogP contribution in [0, 0.1) is 0 Å². The molecule has 2 aromatic rings. The summed E-state index contributed by atoms with van der Waals surface area (Å²) in [7, 11) is 0. The zero-order valence-corrected chi connectivity index (χ0v) is 11.7. The summed E-state index contributed by atoms with van der Waals surface area (Å²) in [6.45, 7) is 0.976. The number of anilines is 1. The molecular formula is C17H18N2O2. The van der Waals surface area contributed by atoms with Gasteiger partial charge in [0.05, 0.1) is 5.92 Å². The van der Waals surface area contributed by atoms with Gasteiger partial charge in [-0.05, 0) is 41.8 Å². The Labute approximate surface area is 123 Å². The van der Waals surface area contributed by atoms with Gasteiger partial charge in [-0.25, -0.2) is 0 Å². The molecule has 0 bridgehead atoms. The molecule has 0 spiro atoms. The predicted octanol–water partition coefficient (Wildman–Crippen LogP) is 2.30. The van der Waals surface area contributed by atoms with Gasteiger partial charge in [-0.3, -0.25) is 4.79 Å². The number of carbonyl (C=O) groups excluding carboxylic acids is 1. The summed E-state index contributed by atoms with van der Waals surface area (Å²) in [5, 5.41) is 2.95. The highest BCUT2D eigenvalue weighted by molar-refractivity contribution is 5.97. The number of hydrogen-bond donors (Lipinski definition) is 2. The van der Waals surface area contributed by atoms with Crippen LogP contribution >= 0.6 is 0 Å². The third kappa shape index (κ3) is 2.90. The van der Waals surface area contributed by atoms with E-state index in [1.807, 2.05) is 42.5 Å². The number of amides is 1. The zero-order valence-electron chi connectivity index (χ0n) is 11.7. The SMILES string of the molecule is NCCOc1ccc(NC(=O)C2Cc3ccccc32)cc1. The van der Waals surface area contributed by atoms with Crippen LogP contribution in [0.15, 0.2) is 48.5 Å². The molecule has 0 fully saturated rings. The lowest BCUT2D eigenvalue weighted by Gasteiger charge is -2.28. The van der Waals surface area contributed by atoms with E-state index >= 15 is 0 Å². The van der Waals surface area contributed by atoms with Gasteiger partial charge < -0.3 is 15.8 Å². The predicted molar refractivity (Wildman–Crippen MR) is 82.5 cm³/mol. The summed E-state index contributed by atoms with van der Waals surface area (Å²) in [4.78, 5) is 12.3. The monoisotopic (exact) mass is 282 g/mol. The maximum absolute atomic E-state index is 12.3. The van der Waals surface area contributed by atoms with Crippen molar-refractivity contribution < 1.29 is 9.53 Å². The van der Waals surface area contributed by atoms with E-state index in [1.165, 1.54) is 5.56 Å². The smallest absolute Gasteiger partial charge is 0.232 e. The first-order valence-electron chi connectivity index (χ1n) is 7.09. The second-order valence-electron chi connectivity index (χ2n) is 5.11. The topological polar surface area (TPSA) is 64.3 Å². The van der Waals surface area contributed by atoms with E-state index in [0.717, 1.165) is 23.4 Å². The fourth-order valence-corrected chi connectivity index (χ4v) is 2.53. The number of rotatable bonds is 5. The second-order valence-corrected chi connectivity index (χ2v) is 5.11. The number of hydrogen-bond acceptors (Lipinski definition) is 3. The molecule has 0 heterocycles. The van der Waals surface area contributed by atoms with E-state index in [1.54, 1.807) is 0 Å². The van der Waals surface area contributed by atoms with Crippen LogP contribution in [0.4, 0.5) is 5.69 Å². The fourth-order valence-electron chi connectivity index (χ4n) is 2.53. The molecule has 4 nitrogen and oxygen atoms in total. The van der Waals surface area contributed by atoms with Crippen LogP contribution in [0.25, 0.3) is 0 Å². The Kier molecular flexibility index (Phi) is 3.88. The van der Waals surface area contributed by atoms with E-state index in [2.05, 4.69) is 11.4 Å². The second kappa shape index (κ2) is 5.97. The molecule has 1 aliphatic carbocycles. The highest BCUT2D eigenvalue weighted by Gasteiger charge is 2.31. The van der Waals surface area contributed by atoms with E-state index in [9.17, 15) is 4.79 Å². The highest BCUT2D eigenvalue weighted by atomic mass is 16.5. The lowest BCUT2D eigenvalue weighted by atomic mass is 9.77. The number of carbonyl (C=O) groups is 1. The molecule has 4 heteroatoms.